The minimum absolute atomic E-state index is 0. The van der Waals surface area contributed by atoms with Crippen molar-refractivity contribution in [3.63, 3.8) is 0 Å². The number of rotatable bonds is 5. The van der Waals surface area contributed by atoms with E-state index in [4.69, 9.17) is 6.35 Å². The Kier molecular flexibility index (Phi) is 8.21. The Morgan fingerprint density at radius 3 is 2.27 bits per heavy atom. The second-order valence-corrected chi connectivity index (χ2v) is 12.0. The van der Waals surface area contributed by atoms with Crippen LogP contribution in [0.5, 0.6) is 5.75 Å². The standard InChI is InChI=1S/C38H33N4O.Pt/c1-24(2)26-19-27(21-28(20-26)33-18-17-25(22-39)23-40-33)30-13-10-16-34-35(30)41-37(42(34)29-11-7-6-8-12-29)31-14-9-15-32(36(31)43)38(3,4)5;/h6-20,23-24,43H,1-5H3;/q-1;/i24D;. The third-order valence-corrected chi connectivity index (χ3v) is 7.69. The van der Waals surface area contributed by atoms with Crippen molar-refractivity contribution in [2.24, 2.45) is 0 Å². The maximum absolute atomic E-state index is 11.6. The average molecular weight is 758 g/mol. The number of imidazole rings is 1. The molecular weight excluding hydrogens is 724 g/mol. The molecule has 1 N–H and O–H groups in total. The number of benzene rings is 4. The normalized spacial score (nSPS) is 12.0. The molecule has 5 nitrogen and oxygen atoms in total. The molecule has 222 valence electrons. The minimum atomic E-state index is -0.882. The molecule has 0 radical (unpaired) electrons. The summed E-state index contributed by atoms with van der Waals surface area (Å²) in [6.45, 7) is 9.97. The largest absolute Gasteiger partial charge is 0.507 e. The van der Waals surface area contributed by atoms with Gasteiger partial charge in [-0.25, -0.2) is 4.98 Å². The second kappa shape index (κ2) is 12.2. The molecule has 0 atom stereocenters. The van der Waals surface area contributed by atoms with Crippen LogP contribution < -0.4 is 0 Å². The van der Waals surface area contributed by atoms with Crippen molar-refractivity contribution in [3.05, 3.63) is 120 Å². The van der Waals surface area contributed by atoms with Crippen LogP contribution in [0.3, 0.4) is 0 Å². The molecule has 0 fully saturated rings. The molecular formula is C38H33N4OPt-. The van der Waals surface area contributed by atoms with Gasteiger partial charge in [0.25, 0.3) is 0 Å². The number of para-hydroxylation sites is 3. The number of fused-ring (bicyclic) bond motifs is 1. The van der Waals surface area contributed by atoms with E-state index in [2.05, 4.69) is 42.5 Å². The van der Waals surface area contributed by atoms with Crippen molar-refractivity contribution in [2.45, 2.75) is 45.9 Å². The first-order valence-corrected chi connectivity index (χ1v) is 14.3. The molecule has 2 heterocycles. The summed E-state index contributed by atoms with van der Waals surface area (Å²) in [5.41, 5.74) is 8.12. The topological polar surface area (TPSA) is 74.7 Å². The number of hydrogen-bond donors (Lipinski definition) is 1. The van der Waals surface area contributed by atoms with E-state index in [-0.39, 0.29) is 32.2 Å². The van der Waals surface area contributed by atoms with Crippen LogP contribution in [-0.4, -0.2) is 19.6 Å². The number of pyridine rings is 1. The third kappa shape index (κ3) is 5.71. The molecule has 6 heteroatoms. The zero-order valence-corrected chi connectivity index (χ0v) is 27.6. The number of phenols is 1. The van der Waals surface area contributed by atoms with Gasteiger partial charge >= 0.3 is 0 Å². The van der Waals surface area contributed by atoms with Gasteiger partial charge in [-0.15, -0.1) is 29.3 Å². The summed E-state index contributed by atoms with van der Waals surface area (Å²) in [7, 11) is 0. The first kappa shape index (κ1) is 29.5. The molecule has 0 aliphatic rings. The van der Waals surface area contributed by atoms with E-state index >= 15 is 0 Å². The molecule has 0 amide bonds. The van der Waals surface area contributed by atoms with Gasteiger partial charge in [0, 0.05) is 40.0 Å². The SMILES string of the molecule is [2H]C(C)(C)c1cc(-c2ccc(C#N)cn2)[c-]c(-c2cccc3c2nc(-c2cccc(C(C)(C)C)c2O)n3-c2ccccc2)c1.[Pt]. The summed E-state index contributed by atoms with van der Waals surface area (Å²) in [4.78, 5) is 9.73. The summed E-state index contributed by atoms with van der Waals surface area (Å²) >= 11 is 0. The van der Waals surface area contributed by atoms with Crippen molar-refractivity contribution in [2.75, 3.05) is 0 Å². The molecule has 0 aliphatic heterocycles. The average Bonchev–Trinajstić information content (AvgIpc) is 3.40. The number of nitrogens with zero attached hydrogens (tertiary/aromatic N) is 4. The quantitative estimate of drug-likeness (QED) is 0.178. The van der Waals surface area contributed by atoms with Crippen molar-refractivity contribution >= 4 is 11.0 Å². The fraction of sp³-hybridized carbons (Fsp3) is 0.184. The van der Waals surface area contributed by atoms with Crippen LogP contribution in [0.15, 0.2) is 97.2 Å². The van der Waals surface area contributed by atoms with Crippen LogP contribution in [0, 0.1) is 17.4 Å². The first-order valence-electron chi connectivity index (χ1n) is 14.8. The van der Waals surface area contributed by atoms with Gasteiger partial charge in [-0.3, -0.25) is 9.55 Å². The van der Waals surface area contributed by atoms with Gasteiger partial charge < -0.3 is 5.11 Å². The van der Waals surface area contributed by atoms with E-state index in [1.165, 1.54) is 0 Å². The van der Waals surface area contributed by atoms with Crippen molar-refractivity contribution < 1.29 is 27.5 Å². The Labute approximate surface area is 274 Å². The Balaban J connectivity index is 0.00000400. The second-order valence-electron chi connectivity index (χ2n) is 12.0. The smallest absolute Gasteiger partial charge is 0.148 e. The molecule has 0 bridgehead atoms. The van der Waals surface area contributed by atoms with Gasteiger partial charge in [-0.05, 0) is 47.2 Å². The molecule has 6 rings (SSSR count). The Morgan fingerprint density at radius 1 is 0.909 bits per heavy atom. The van der Waals surface area contributed by atoms with Crippen molar-refractivity contribution in [3.8, 4) is 51.3 Å². The van der Waals surface area contributed by atoms with Crippen LogP contribution in [0.2, 0.25) is 0 Å². The number of aromatic nitrogens is 3. The van der Waals surface area contributed by atoms with E-state index in [0.29, 0.717) is 22.6 Å². The van der Waals surface area contributed by atoms with Crippen LogP contribution >= 0.6 is 0 Å². The Hall–Kier alpha value is -4.52. The number of hydrogen-bond acceptors (Lipinski definition) is 4. The zero-order valence-electron chi connectivity index (χ0n) is 26.3. The Bertz CT molecular complexity index is 2050. The molecule has 0 aliphatic carbocycles. The van der Waals surface area contributed by atoms with Gasteiger partial charge in [-0.1, -0.05) is 94.3 Å². The van der Waals surface area contributed by atoms with Gasteiger partial charge in [0.1, 0.15) is 17.6 Å². The van der Waals surface area contributed by atoms with Crippen molar-refractivity contribution in [1.82, 2.24) is 14.5 Å². The van der Waals surface area contributed by atoms with Crippen LogP contribution in [0.1, 0.15) is 58.6 Å². The zero-order chi connectivity index (χ0) is 31.2. The molecule has 44 heavy (non-hydrogen) atoms. The molecule has 0 saturated heterocycles. The first-order chi connectivity index (χ1) is 21.0. The predicted octanol–water partition coefficient (Wildman–Crippen LogP) is 9.22. The van der Waals surface area contributed by atoms with Gasteiger partial charge in [0.2, 0.25) is 0 Å². The number of phenolic OH excluding ortho intramolecular Hbond substituents is 1. The van der Waals surface area contributed by atoms with Crippen molar-refractivity contribution in [1.29, 1.82) is 5.26 Å². The monoisotopic (exact) mass is 757 g/mol. The molecule has 0 saturated carbocycles. The minimum Gasteiger partial charge on any atom is -0.507 e. The van der Waals surface area contributed by atoms with E-state index < -0.39 is 5.89 Å². The number of aromatic hydroxyl groups is 1. The fourth-order valence-corrected chi connectivity index (χ4v) is 5.43. The summed E-state index contributed by atoms with van der Waals surface area (Å²) in [5.74, 6) is -0.0340. The summed E-state index contributed by atoms with van der Waals surface area (Å²) in [6.07, 6.45) is 1.55. The van der Waals surface area contributed by atoms with Crippen LogP contribution in [0.4, 0.5) is 0 Å². The fourth-order valence-electron chi connectivity index (χ4n) is 5.43. The summed E-state index contributed by atoms with van der Waals surface area (Å²) in [5, 5.41) is 20.8. The maximum atomic E-state index is 11.6. The van der Waals surface area contributed by atoms with Crippen LogP contribution in [-0.2, 0) is 26.5 Å². The van der Waals surface area contributed by atoms with Crippen LogP contribution in [0.25, 0.3) is 50.5 Å². The Morgan fingerprint density at radius 2 is 1.61 bits per heavy atom. The van der Waals surface area contributed by atoms with E-state index in [1.54, 1.807) is 12.3 Å². The molecule has 0 unspecified atom stereocenters. The maximum Gasteiger partial charge on any atom is 0.148 e. The molecule has 0 spiro atoms. The molecule has 2 aromatic heterocycles. The summed E-state index contributed by atoms with van der Waals surface area (Å²) < 4.78 is 10.9. The van der Waals surface area contributed by atoms with Gasteiger partial charge in [0.15, 0.2) is 0 Å². The van der Waals surface area contributed by atoms with E-state index in [0.717, 1.165) is 44.5 Å². The van der Waals surface area contributed by atoms with Gasteiger partial charge in [0.05, 0.1) is 22.2 Å². The number of nitriles is 1. The van der Waals surface area contributed by atoms with E-state index in [9.17, 15) is 10.4 Å². The van der Waals surface area contributed by atoms with Gasteiger partial charge in [-0.2, -0.15) is 5.26 Å². The predicted molar refractivity (Wildman–Crippen MR) is 173 cm³/mol. The molecule has 6 aromatic rings. The summed E-state index contributed by atoms with van der Waals surface area (Å²) in [6, 6.07) is 35.1. The third-order valence-electron chi connectivity index (χ3n) is 7.69. The molecule has 4 aromatic carbocycles. The van der Waals surface area contributed by atoms with E-state index in [1.807, 2.05) is 98.8 Å².